The molecular weight excluding hydrogens is 388 g/mol. The molecule has 1 nitrogen and oxygen atoms in total. The fraction of sp³-hybridized carbons (Fsp3) is 0.0968. The van der Waals surface area contributed by atoms with E-state index < -0.39 is 0 Å². The van der Waals surface area contributed by atoms with E-state index in [2.05, 4.69) is 111 Å². The number of furan rings is 1. The standard InChI is InChI=1S/C31H22O/c1-31(2)13-11-21-16-24-8-10-28-30(26(24)18-22(21)12-14-31)29-25-17-20-6-4-3-5-19(20)15-23(25)7-9-27(29)32-28/h3-18H,1-2H3. The lowest BCUT2D eigenvalue weighted by Gasteiger charge is -2.11. The average Bonchev–Trinajstić information content (AvgIpc) is 3.12. The van der Waals surface area contributed by atoms with E-state index in [1.54, 1.807) is 0 Å². The van der Waals surface area contributed by atoms with Crippen LogP contribution in [-0.2, 0) is 0 Å². The molecule has 0 saturated heterocycles. The first-order chi connectivity index (χ1) is 15.6. The summed E-state index contributed by atoms with van der Waals surface area (Å²) in [5.74, 6) is 0. The molecule has 7 rings (SSSR count). The van der Waals surface area contributed by atoms with E-state index in [0.717, 1.165) is 11.2 Å². The van der Waals surface area contributed by atoms with Crippen molar-refractivity contribution >= 4 is 66.4 Å². The number of fused-ring (bicyclic) bond motifs is 9. The molecular formula is C31H22O. The number of rotatable bonds is 0. The topological polar surface area (TPSA) is 13.1 Å². The minimum atomic E-state index is 0.0557. The molecule has 1 aliphatic carbocycles. The highest BCUT2D eigenvalue weighted by Gasteiger charge is 2.17. The average molecular weight is 411 g/mol. The molecule has 0 radical (unpaired) electrons. The molecule has 32 heavy (non-hydrogen) atoms. The highest BCUT2D eigenvalue weighted by atomic mass is 16.3. The summed E-state index contributed by atoms with van der Waals surface area (Å²) < 4.78 is 6.35. The second-order valence-electron chi connectivity index (χ2n) is 9.59. The monoisotopic (exact) mass is 410 g/mol. The quantitative estimate of drug-likeness (QED) is 0.228. The lowest BCUT2D eigenvalue weighted by atomic mass is 9.93. The largest absolute Gasteiger partial charge is 0.456 e. The molecule has 1 aliphatic rings. The van der Waals surface area contributed by atoms with E-state index in [9.17, 15) is 0 Å². The van der Waals surface area contributed by atoms with E-state index in [1.165, 1.54) is 54.2 Å². The van der Waals surface area contributed by atoms with Crippen LogP contribution in [0.5, 0.6) is 0 Å². The number of hydrogen-bond acceptors (Lipinski definition) is 1. The van der Waals surface area contributed by atoms with Crippen molar-refractivity contribution in [2.24, 2.45) is 5.41 Å². The van der Waals surface area contributed by atoms with Gasteiger partial charge in [0.05, 0.1) is 0 Å². The van der Waals surface area contributed by atoms with Gasteiger partial charge in [0.15, 0.2) is 0 Å². The van der Waals surface area contributed by atoms with E-state index in [1.807, 2.05) is 0 Å². The van der Waals surface area contributed by atoms with Gasteiger partial charge in [-0.15, -0.1) is 0 Å². The van der Waals surface area contributed by atoms with Crippen molar-refractivity contribution in [1.82, 2.24) is 0 Å². The highest BCUT2D eigenvalue weighted by molar-refractivity contribution is 6.27. The maximum Gasteiger partial charge on any atom is 0.136 e. The van der Waals surface area contributed by atoms with Gasteiger partial charge in [0.1, 0.15) is 11.2 Å². The molecule has 0 spiro atoms. The summed E-state index contributed by atoms with van der Waals surface area (Å²) in [4.78, 5) is 0. The van der Waals surface area contributed by atoms with Gasteiger partial charge in [0, 0.05) is 16.2 Å². The first-order valence-corrected chi connectivity index (χ1v) is 11.2. The Bertz CT molecular complexity index is 1790. The molecule has 5 aromatic carbocycles. The molecule has 0 aliphatic heterocycles. The summed E-state index contributed by atoms with van der Waals surface area (Å²) in [5, 5.41) is 9.93. The van der Waals surface area contributed by atoms with Crippen molar-refractivity contribution in [3.8, 4) is 0 Å². The van der Waals surface area contributed by atoms with Gasteiger partial charge >= 0.3 is 0 Å². The Morgan fingerprint density at radius 2 is 1.12 bits per heavy atom. The molecule has 1 heterocycles. The molecule has 0 N–H and O–H groups in total. The molecule has 1 heteroatoms. The SMILES string of the molecule is CC1(C)C=Cc2cc3ccc4oc5ccc6cc7ccccc7cc6c5c4c3cc2C=C1. The Morgan fingerprint density at radius 1 is 0.562 bits per heavy atom. The van der Waals surface area contributed by atoms with Gasteiger partial charge in [-0.25, -0.2) is 0 Å². The van der Waals surface area contributed by atoms with Crippen molar-refractivity contribution in [1.29, 1.82) is 0 Å². The summed E-state index contributed by atoms with van der Waals surface area (Å²) in [5.41, 5.74) is 4.47. The van der Waals surface area contributed by atoms with Crippen LogP contribution >= 0.6 is 0 Å². The third-order valence-electron chi connectivity index (χ3n) is 6.89. The van der Waals surface area contributed by atoms with E-state index in [4.69, 9.17) is 4.42 Å². The van der Waals surface area contributed by atoms with Crippen LogP contribution in [0.2, 0.25) is 0 Å². The van der Waals surface area contributed by atoms with Crippen LogP contribution in [0.4, 0.5) is 0 Å². The van der Waals surface area contributed by atoms with Gasteiger partial charge in [0.25, 0.3) is 0 Å². The molecule has 0 amide bonds. The third-order valence-corrected chi connectivity index (χ3v) is 6.89. The zero-order valence-electron chi connectivity index (χ0n) is 18.1. The van der Waals surface area contributed by atoms with Gasteiger partial charge < -0.3 is 4.42 Å². The van der Waals surface area contributed by atoms with Gasteiger partial charge in [-0.3, -0.25) is 0 Å². The lowest BCUT2D eigenvalue weighted by Crippen LogP contribution is -1.99. The summed E-state index contributed by atoms with van der Waals surface area (Å²) in [7, 11) is 0. The Labute approximate surface area is 186 Å². The van der Waals surface area contributed by atoms with Crippen molar-refractivity contribution in [3.63, 3.8) is 0 Å². The minimum absolute atomic E-state index is 0.0557. The predicted octanol–water partition coefficient (Wildman–Crippen LogP) is 9.11. The van der Waals surface area contributed by atoms with Crippen LogP contribution in [-0.4, -0.2) is 0 Å². The molecule has 0 saturated carbocycles. The third kappa shape index (κ3) is 2.51. The summed E-state index contributed by atoms with van der Waals surface area (Å²) in [6.45, 7) is 4.48. The fourth-order valence-corrected chi connectivity index (χ4v) is 5.14. The van der Waals surface area contributed by atoms with Gasteiger partial charge in [-0.05, 0) is 79.8 Å². The number of allylic oxidation sites excluding steroid dienone is 2. The second-order valence-corrected chi connectivity index (χ2v) is 9.59. The Morgan fingerprint density at radius 3 is 1.81 bits per heavy atom. The maximum absolute atomic E-state index is 6.35. The van der Waals surface area contributed by atoms with Crippen LogP contribution in [0.25, 0.3) is 66.4 Å². The van der Waals surface area contributed by atoms with Gasteiger partial charge in [-0.1, -0.05) is 74.5 Å². The molecule has 152 valence electrons. The molecule has 6 aromatic rings. The number of hydrogen-bond donors (Lipinski definition) is 0. The zero-order valence-corrected chi connectivity index (χ0v) is 18.1. The molecule has 0 fully saturated rings. The lowest BCUT2D eigenvalue weighted by molar-refractivity contribution is 0.633. The van der Waals surface area contributed by atoms with Crippen molar-refractivity contribution < 1.29 is 4.42 Å². The van der Waals surface area contributed by atoms with Gasteiger partial charge in [0.2, 0.25) is 0 Å². The zero-order chi connectivity index (χ0) is 21.4. The molecule has 0 unspecified atom stereocenters. The summed E-state index contributed by atoms with van der Waals surface area (Å²) in [6.07, 6.45) is 9.09. The second kappa shape index (κ2) is 6.11. The Hall–Kier alpha value is -3.84. The van der Waals surface area contributed by atoms with Crippen LogP contribution in [0, 0.1) is 5.41 Å². The Kier molecular flexibility index (Phi) is 3.40. The molecule has 0 bridgehead atoms. The maximum atomic E-state index is 6.35. The van der Waals surface area contributed by atoms with E-state index in [-0.39, 0.29) is 5.41 Å². The van der Waals surface area contributed by atoms with Gasteiger partial charge in [-0.2, -0.15) is 0 Å². The van der Waals surface area contributed by atoms with Crippen LogP contribution in [0.1, 0.15) is 25.0 Å². The molecule has 1 aromatic heterocycles. The smallest absolute Gasteiger partial charge is 0.136 e. The van der Waals surface area contributed by atoms with Crippen molar-refractivity contribution in [2.45, 2.75) is 13.8 Å². The van der Waals surface area contributed by atoms with Crippen LogP contribution < -0.4 is 0 Å². The first kappa shape index (κ1) is 17.8. The van der Waals surface area contributed by atoms with E-state index in [0.29, 0.717) is 0 Å². The van der Waals surface area contributed by atoms with Crippen molar-refractivity contribution in [2.75, 3.05) is 0 Å². The van der Waals surface area contributed by atoms with E-state index >= 15 is 0 Å². The molecule has 0 atom stereocenters. The highest BCUT2D eigenvalue weighted by Crippen LogP contribution is 2.41. The first-order valence-electron chi connectivity index (χ1n) is 11.2. The predicted molar refractivity (Wildman–Crippen MR) is 138 cm³/mol. The Balaban J connectivity index is 1.65. The van der Waals surface area contributed by atoms with Crippen molar-refractivity contribution in [3.05, 3.63) is 96.1 Å². The normalized spacial score (nSPS) is 15.2. The minimum Gasteiger partial charge on any atom is -0.456 e. The van der Waals surface area contributed by atoms with Crippen LogP contribution in [0.15, 0.2) is 89.4 Å². The summed E-state index contributed by atoms with van der Waals surface area (Å²) in [6, 6.07) is 26.4. The fourth-order valence-electron chi connectivity index (χ4n) is 5.14. The summed E-state index contributed by atoms with van der Waals surface area (Å²) >= 11 is 0. The van der Waals surface area contributed by atoms with Crippen LogP contribution in [0.3, 0.4) is 0 Å². The number of benzene rings is 5.